The first-order valence-corrected chi connectivity index (χ1v) is 9.10. The number of methoxy groups -OCH3 is 1. The lowest BCUT2D eigenvalue weighted by molar-refractivity contribution is -0.143. The van der Waals surface area contributed by atoms with Crippen molar-refractivity contribution in [2.24, 2.45) is 0 Å². The van der Waals surface area contributed by atoms with Crippen molar-refractivity contribution >= 4 is 28.9 Å². The average Bonchev–Trinajstić information content (AvgIpc) is 3.07. The Balaban J connectivity index is 1.71. The van der Waals surface area contributed by atoms with E-state index in [0.29, 0.717) is 16.9 Å². The largest absolute Gasteiger partial charge is 0.497 e. The van der Waals surface area contributed by atoms with Crippen LogP contribution in [0.15, 0.2) is 40.1 Å². The number of carbonyl (C=O) groups is 3. The molecule has 3 rings (SSSR count). The third kappa shape index (κ3) is 4.50. The molecule has 2 N–H and O–H groups in total. The number of ether oxygens (including phenoxy) is 3. The maximum atomic E-state index is 12.3. The molecule has 2 aromatic rings. The first-order chi connectivity index (χ1) is 13.9. The smallest absolute Gasteiger partial charge is 0.338 e. The van der Waals surface area contributed by atoms with Gasteiger partial charge >= 0.3 is 18.0 Å². The summed E-state index contributed by atoms with van der Waals surface area (Å²) in [7, 11) is 1.56. The SMILES string of the molecule is CCOC(=O)C1=C(COC(=O)Cc2coc3cc(OC)ccc23)NC(=O)N[C@H]1C. The van der Waals surface area contributed by atoms with Gasteiger partial charge in [-0.2, -0.15) is 0 Å². The molecule has 0 saturated carbocycles. The van der Waals surface area contributed by atoms with Crippen LogP contribution in [0.2, 0.25) is 0 Å². The quantitative estimate of drug-likeness (QED) is 0.681. The Kier molecular flexibility index (Phi) is 6.06. The Morgan fingerprint density at radius 2 is 2.03 bits per heavy atom. The summed E-state index contributed by atoms with van der Waals surface area (Å²) in [5, 5.41) is 5.87. The van der Waals surface area contributed by atoms with Crippen molar-refractivity contribution in [2.75, 3.05) is 20.3 Å². The molecule has 0 radical (unpaired) electrons. The highest BCUT2D eigenvalue weighted by Crippen LogP contribution is 2.26. The Labute approximate surface area is 167 Å². The third-order valence-electron chi connectivity index (χ3n) is 4.44. The fourth-order valence-corrected chi connectivity index (χ4v) is 3.08. The van der Waals surface area contributed by atoms with E-state index in [1.165, 1.54) is 6.26 Å². The molecule has 0 saturated heterocycles. The minimum absolute atomic E-state index is 0.0247. The minimum atomic E-state index is -0.576. The van der Waals surface area contributed by atoms with Gasteiger partial charge in [0.25, 0.3) is 0 Å². The first kappa shape index (κ1) is 20.2. The van der Waals surface area contributed by atoms with Crippen LogP contribution in [0.3, 0.4) is 0 Å². The number of rotatable bonds is 7. The Hall–Kier alpha value is -3.49. The van der Waals surface area contributed by atoms with Gasteiger partial charge in [-0.3, -0.25) is 4.79 Å². The van der Waals surface area contributed by atoms with Gasteiger partial charge in [0.15, 0.2) is 0 Å². The van der Waals surface area contributed by atoms with Gasteiger partial charge in [-0.25, -0.2) is 9.59 Å². The van der Waals surface area contributed by atoms with Crippen molar-refractivity contribution in [3.63, 3.8) is 0 Å². The molecule has 154 valence electrons. The number of nitrogens with one attached hydrogen (secondary N) is 2. The predicted molar refractivity (Wildman–Crippen MR) is 102 cm³/mol. The van der Waals surface area contributed by atoms with E-state index in [1.54, 1.807) is 39.2 Å². The number of benzene rings is 1. The molecule has 29 heavy (non-hydrogen) atoms. The summed E-state index contributed by atoms with van der Waals surface area (Å²) >= 11 is 0. The van der Waals surface area contributed by atoms with Crippen LogP contribution < -0.4 is 15.4 Å². The molecule has 9 heteroatoms. The van der Waals surface area contributed by atoms with Crippen LogP contribution in [-0.4, -0.2) is 44.3 Å². The van der Waals surface area contributed by atoms with E-state index in [9.17, 15) is 14.4 Å². The lowest BCUT2D eigenvalue weighted by atomic mass is 10.0. The molecule has 1 atom stereocenters. The molecule has 0 bridgehead atoms. The zero-order valence-electron chi connectivity index (χ0n) is 16.4. The average molecular weight is 402 g/mol. The number of urea groups is 1. The number of esters is 2. The molecule has 0 spiro atoms. The van der Waals surface area contributed by atoms with Gasteiger partial charge in [-0.05, 0) is 26.0 Å². The molecule has 0 fully saturated rings. The summed E-state index contributed by atoms with van der Waals surface area (Å²) in [5.74, 6) is -0.455. The maximum Gasteiger partial charge on any atom is 0.338 e. The van der Waals surface area contributed by atoms with Gasteiger partial charge in [-0.1, -0.05) is 0 Å². The summed E-state index contributed by atoms with van der Waals surface area (Å²) < 4.78 is 20.9. The fourth-order valence-electron chi connectivity index (χ4n) is 3.08. The van der Waals surface area contributed by atoms with Gasteiger partial charge in [0, 0.05) is 17.0 Å². The van der Waals surface area contributed by atoms with Crippen molar-refractivity contribution in [1.29, 1.82) is 0 Å². The molecule has 0 aliphatic carbocycles. The number of hydrogen-bond acceptors (Lipinski definition) is 7. The van der Waals surface area contributed by atoms with E-state index in [-0.39, 0.29) is 30.9 Å². The molecule has 1 aliphatic rings. The van der Waals surface area contributed by atoms with Crippen molar-refractivity contribution < 1.29 is 33.0 Å². The lowest BCUT2D eigenvalue weighted by Crippen LogP contribution is -2.50. The molecular weight excluding hydrogens is 380 g/mol. The number of hydrogen-bond donors (Lipinski definition) is 2. The van der Waals surface area contributed by atoms with Gasteiger partial charge in [0.1, 0.15) is 17.9 Å². The van der Waals surface area contributed by atoms with Crippen LogP contribution in [-0.2, 0) is 25.5 Å². The summed E-state index contributed by atoms with van der Waals surface area (Å²) in [6.45, 7) is 3.27. The van der Waals surface area contributed by atoms with Gasteiger partial charge in [-0.15, -0.1) is 0 Å². The molecular formula is C20H22N2O7. The van der Waals surface area contributed by atoms with Crippen molar-refractivity contribution in [2.45, 2.75) is 26.3 Å². The van der Waals surface area contributed by atoms with E-state index in [1.807, 2.05) is 0 Å². The number of furan rings is 1. The Morgan fingerprint density at radius 1 is 1.24 bits per heavy atom. The number of fused-ring (bicyclic) bond motifs is 1. The topological polar surface area (TPSA) is 116 Å². The molecule has 0 unspecified atom stereocenters. The maximum absolute atomic E-state index is 12.3. The van der Waals surface area contributed by atoms with Crippen LogP contribution in [0.25, 0.3) is 11.0 Å². The Bertz CT molecular complexity index is 976. The predicted octanol–water partition coefficient (Wildman–Crippen LogP) is 2.05. The zero-order valence-corrected chi connectivity index (χ0v) is 16.4. The van der Waals surface area contributed by atoms with Crippen molar-refractivity contribution in [3.8, 4) is 5.75 Å². The molecule has 1 aliphatic heterocycles. The highest BCUT2D eigenvalue weighted by Gasteiger charge is 2.30. The van der Waals surface area contributed by atoms with Gasteiger partial charge < -0.3 is 29.3 Å². The molecule has 2 amide bonds. The van der Waals surface area contributed by atoms with Crippen molar-refractivity contribution in [3.05, 3.63) is 41.3 Å². The summed E-state index contributed by atoms with van der Waals surface area (Å²) in [6, 6.07) is 4.26. The van der Waals surface area contributed by atoms with E-state index in [2.05, 4.69) is 10.6 Å². The second kappa shape index (κ2) is 8.68. The zero-order chi connectivity index (χ0) is 21.0. The monoisotopic (exact) mass is 402 g/mol. The molecule has 2 heterocycles. The Morgan fingerprint density at radius 3 is 2.76 bits per heavy atom. The van der Waals surface area contributed by atoms with E-state index in [4.69, 9.17) is 18.6 Å². The minimum Gasteiger partial charge on any atom is -0.497 e. The third-order valence-corrected chi connectivity index (χ3v) is 4.44. The van der Waals surface area contributed by atoms with Gasteiger partial charge in [0.2, 0.25) is 0 Å². The summed E-state index contributed by atoms with van der Waals surface area (Å²) in [6.07, 6.45) is 1.46. The number of carbonyl (C=O) groups excluding carboxylic acids is 3. The van der Waals surface area contributed by atoms with E-state index in [0.717, 1.165) is 5.39 Å². The van der Waals surface area contributed by atoms with Crippen LogP contribution in [0.5, 0.6) is 5.75 Å². The highest BCUT2D eigenvalue weighted by molar-refractivity contribution is 5.95. The van der Waals surface area contributed by atoms with E-state index < -0.39 is 24.0 Å². The van der Waals surface area contributed by atoms with Crippen molar-refractivity contribution in [1.82, 2.24) is 10.6 Å². The lowest BCUT2D eigenvalue weighted by Gasteiger charge is -2.26. The number of amides is 2. The van der Waals surface area contributed by atoms with E-state index >= 15 is 0 Å². The normalized spacial score (nSPS) is 16.2. The molecule has 9 nitrogen and oxygen atoms in total. The molecule has 1 aromatic heterocycles. The summed E-state index contributed by atoms with van der Waals surface area (Å²) in [5.41, 5.74) is 1.68. The van der Waals surface area contributed by atoms with Crippen LogP contribution in [0.1, 0.15) is 19.4 Å². The highest BCUT2D eigenvalue weighted by atomic mass is 16.5. The van der Waals surface area contributed by atoms with Crippen LogP contribution >= 0.6 is 0 Å². The van der Waals surface area contributed by atoms with Gasteiger partial charge in [0.05, 0.1) is 43.7 Å². The second-order valence-corrected chi connectivity index (χ2v) is 6.39. The standard InChI is InChI=1S/C20H22N2O7/c1-4-27-19(24)18-11(2)21-20(25)22-15(18)10-29-17(23)7-12-9-28-16-8-13(26-3)5-6-14(12)16/h5-6,8-9,11H,4,7,10H2,1-3H3,(H2,21,22,25)/t11-/m0/s1. The molecule has 1 aromatic carbocycles. The second-order valence-electron chi connectivity index (χ2n) is 6.39. The fraction of sp³-hybridized carbons (Fsp3) is 0.350. The van der Waals surface area contributed by atoms with Crippen LogP contribution in [0.4, 0.5) is 4.79 Å². The first-order valence-electron chi connectivity index (χ1n) is 9.10. The summed E-state index contributed by atoms with van der Waals surface area (Å²) in [4.78, 5) is 36.3. The van der Waals surface area contributed by atoms with Crippen LogP contribution in [0, 0.1) is 0 Å².